The average molecular weight is 226 g/mol. The van der Waals surface area contributed by atoms with E-state index in [0.717, 1.165) is 19.3 Å². The largest absolute Gasteiger partial charge is 0.383 e. The van der Waals surface area contributed by atoms with Crippen molar-refractivity contribution < 1.29 is 9.53 Å². The molecule has 0 heterocycles. The Kier molecular flexibility index (Phi) is 6.11. The molecule has 4 heteroatoms. The Morgan fingerprint density at radius 2 is 2.38 bits per heavy atom. The van der Waals surface area contributed by atoms with E-state index < -0.39 is 0 Å². The van der Waals surface area contributed by atoms with E-state index in [0.29, 0.717) is 19.2 Å². The second kappa shape index (κ2) is 7.41. The Balaban J connectivity index is 2.12. The van der Waals surface area contributed by atoms with Crippen LogP contribution < -0.4 is 10.6 Å². The summed E-state index contributed by atoms with van der Waals surface area (Å²) in [6.45, 7) is 2.88. The number of carbonyl (C=O) groups is 1. The van der Waals surface area contributed by atoms with Gasteiger partial charge in [0, 0.05) is 19.2 Å². The van der Waals surface area contributed by atoms with Crippen molar-refractivity contribution in [1.29, 1.82) is 0 Å². The van der Waals surface area contributed by atoms with Crippen LogP contribution in [0.1, 0.15) is 26.2 Å². The first-order chi connectivity index (χ1) is 7.72. The van der Waals surface area contributed by atoms with E-state index >= 15 is 0 Å². The molecule has 0 saturated carbocycles. The molecule has 0 fully saturated rings. The lowest BCUT2D eigenvalue weighted by molar-refractivity contribution is -0.121. The van der Waals surface area contributed by atoms with Gasteiger partial charge in [0.1, 0.15) is 0 Å². The molecule has 1 aliphatic rings. The Morgan fingerprint density at radius 3 is 3.00 bits per heavy atom. The number of ether oxygens (including phenoxy) is 1. The molecule has 2 atom stereocenters. The second-order valence-electron chi connectivity index (χ2n) is 4.29. The molecular weight excluding hydrogens is 204 g/mol. The highest BCUT2D eigenvalue weighted by Gasteiger charge is 2.12. The lowest BCUT2D eigenvalue weighted by Gasteiger charge is -2.20. The first-order valence-electron chi connectivity index (χ1n) is 5.89. The van der Waals surface area contributed by atoms with Gasteiger partial charge in [-0.3, -0.25) is 4.79 Å². The maximum atomic E-state index is 11.5. The highest BCUT2D eigenvalue weighted by Crippen LogP contribution is 2.09. The van der Waals surface area contributed by atoms with Crippen LogP contribution in [0.5, 0.6) is 0 Å². The molecule has 0 spiro atoms. The molecule has 2 unspecified atom stereocenters. The highest BCUT2D eigenvalue weighted by atomic mass is 16.5. The smallest absolute Gasteiger partial charge is 0.234 e. The van der Waals surface area contributed by atoms with Crippen LogP contribution in [0.15, 0.2) is 12.2 Å². The zero-order valence-electron chi connectivity index (χ0n) is 10.2. The Bertz CT molecular complexity index is 241. The van der Waals surface area contributed by atoms with Crippen molar-refractivity contribution >= 4 is 5.91 Å². The molecule has 0 radical (unpaired) electrons. The van der Waals surface area contributed by atoms with Crippen molar-refractivity contribution in [1.82, 2.24) is 10.6 Å². The number of amides is 1. The average Bonchev–Trinajstić information content (AvgIpc) is 2.28. The summed E-state index contributed by atoms with van der Waals surface area (Å²) in [6.07, 6.45) is 7.63. The maximum absolute atomic E-state index is 11.5. The number of methoxy groups -OCH3 is 1. The Labute approximate surface area is 97.4 Å². The lowest BCUT2D eigenvalue weighted by Crippen LogP contribution is -2.43. The van der Waals surface area contributed by atoms with Crippen LogP contribution in [-0.4, -0.2) is 38.3 Å². The zero-order valence-corrected chi connectivity index (χ0v) is 10.2. The predicted octanol–water partition coefficient (Wildman–Crippen LogP) is 0.836. The van der Waals surface area contributed by atoms with Gasteiger partial charge >= 0.3 is 0 Å². The predicted molar refractivity (Wildman–Crippen MR) is 64.3 cm³/mol. The monoisotopic (exact) mass is 226 g/mol. The summed E-state index contributed by atoms with van der Waals surface area (Å²) in [7, 11) is 1.63. The third kappa shape index (κ3) is 5.28. The fourth-order valence-corrected chi connectivity index (χ4v) is 1.83. The van der Waals surface area contributed by atoms with E-state index in [1.165, 1.54) is 0 Å². The molecular formula is C12H22N2O2. The van der Waals surface area contributed by atoms with Crippen LogP contribution in [0.25, 0.3) is 0 Å². The number of carbonyl (C=O) groups excluding carboxylic acids is 1. The summed E-state index contributed by atoms with van der Waals surface area (Å²) < 4.78 is 4.95. The number of nitrogens with one attached hydrogen (secondary N) is 2. The summed E-state index contributed by atoms with van der Waals surface area (Å²) in [5.74, 6) is 0.0408. The summed E-state index contributed by atoms with van der Waals surface area (Å²) in [4.78, 5) is 11.5. The van der Waals surface area contributed by atoms with E-state index in [9.17, 15) is 4.79 Å². The van der Waals surface area contributed by atoms with Crippen LogP contribution in [0.3, 0.4) is 0 Å². The number of allylic oxidation sites excluding steroid dienone is 1. The lowest BCUT2D eigenvalue weighted by atomic mass is 10.0. The van der Waals surface area contributed by atoms with Crippen LogP contribution in [0, 0.1) is 0 Å². The van der Waals surface area contributed by atoms with E-state index in [4.69, 9.17) is 4.74 Å². The van der Waals surface area contributed by atoms with Crippen LogP contribution in [0.2, 0.25) is 0 Å². The number of hydrogen-bond acceptors (Lipinski definition) is 3. The highest BCUT2D eigenvalue weighted by molar-refractivity contribution is 5.78. The molecule has 0 aromatic rings. The van der Waals surface area contributed by atoms with Gasteiger partial charge in [0.25, 0.3) is 0 Å². The van der Waals surface area contributed by atoms with Gasteiger partial charge in [-0.05, 0) is 26.2 Å². The van der Waals surface area contributed by atoms with Crippen molar-refractivity contribution in [2.45, 2.75) is 38.3 Å². The topological polar surface area (TPSA) is 50.4 Å². The Hall–Kier alpha value is -0.870. The minimum Gasteiger partial charge on any atom is -0.383 e. The minimum absolute atomic E-state index is 0.0408. The van der Waals surface area contributed by atoms with Crippen molar-refractivity contribution in [2.24, 2.45) is 0 Å². The van der Waals surface area contributed by atoms with Crippen molar-refractivity contribution in [3.05, 3.63) is 12.2 Å². The first-order valence-corrected chi connectivity index (χ1v) is 5.89. The summed E-state index contributed by atoms with van der Waals surface area (Å²) in [5.41, 5.74) is 0. The minimum atomic E-state index is 0.0408. The molecule has 2 N–H and O–H groups in total. The van der Waals surface area contributed by atoms with E-state index in [2.05, 4.69) is 22.8 Å². The molecule has 1 aliphatic carbocycles. The normalized spacial score (nSPS) is 21.8. The molecule has 1 amide bonds. The summed E-state index contributed by atoms with van der Waals surface area (Å²) in [6, 6.07) is 0.527. The van der Waals surface area contributed by atoms with Crippen molar-refractivity contribution in [3.63, 3.8) is 0 Å². The van der Waals surface area contributed by atoms with Crippen LogP contribution in [-0.2, 0) is 9.53 Å². The van der Waals surface area contributed by atoms with Gasteiger partial charge in [0.05, 0.1) is 13.2 Å². The Morgan fingerprint density at radius 1 is 1.56 bits per heavy atom. The maximum Gasteiger partial charge on any atom is 0.234 e. The van der Waals surface area contributed by atoms with E-state index in [1.807, 2.05) is 6.92 Å². The SMILES string of the molecule is COCC(C)NC(=O)CNC1CC=CCC1. The molecule has 0 aromatic heterocycles. The van der Waals surface area contributed by atoms with Gasteiger partial charge < -0.3 is 15.4 Å². The molecule has 92 valence electrons. The van der Waals surface area contributed by atoms with Gasteiger partial charge in [-0.25, -0.2) is 0 Å². The molecule has 1 rings (SSSR count). The fraction of sp³-hybridized carbons (Fsp3) is 0.750. The van der Waals surface area contributed by atoms with Gasteiger partial charge in [-0.15, -0.1) is 0 Å². The zero-order chi connectivity index (χ0) is 11.8. The third-order valence-corrected chi connectivity index (χ3v) is 2.64. The number of rotatable bonds is 6. The standard InChI is InChI=1S/C12H22N2O2/c1-10(9-16-2)14-12(15)8-13-11-6-4-3-5-7-11/h3-4,10-11,13H,5-9H2,1-2H3,(H,14,15). The van der Waals surface area contributed by atoms with Gasteiger partial charge in [-0.1, -0.05) is 12.2 Å². The van der Waals surface area contributed by atoms with E-state index in [1.54, 1.807) is 7.11 Å². The van der Waals surface area contributed by atoms with Gasteiger partial charge in [0.15, 0.2) is 0 Å². The molecule has 16 heavy (non-hydrogen) atoms. The molecule has 0 aliphatic heterocycles. The first kappa shape index (κ1) is 13.2. The molecule has 0 saturated heterocycles. The van der Waals surface area contributed by atoms with Crippen molar-refractivity contribution in [2.75, 3.05) is 20.3 Å². The quantitative estimate of drug-likeness (QED) is 0.660. The molecule has 0 bridgehead atoms. The second-order valence-corrected chi connectivity index (χ2v) is 4.29. The summed E-state index contributed by atoms with van der Waals surface area (Å²) >= 11 is 0. The number of hydrogen-bond donors (Lipinski definition) is 2. The fourth-order valence-electron chi connectivity index (χ4n) is 1.83. The third-order valence-electron chi connectivity index (χ3n) is 2.64. The molecule has 4 nitrogen and oxygen atoms in total. The van der Waals surface area contributed by atoms with Gasteiger partial charge in [-0.2, -0.15) is 0 Å². The van der Waals surface area contributed by atoms with E-state index in [-0.39, 0.29) is 11.9 Å². The van der Waals surface area contributed by atoms with Gasteiger partial charge in [0.2, 0.25) is 5.91 Å². The molecule has 0 aromatic carbocycles. The summed E-state index contributed by atoms with van der Waals surface area (Å²) in [5, 5.41) is 6.14. The van der Waals surface area contributed by atoms with Crippen LogP contribution in [0.4, 0.5) is 0 Å². The van der Waals surface area contributed by atoms with Crippen LogP contribution >= 0.6 is 0 Å². The van der Waals surface area contributed by atoms with Crippen molar-refractivity contribution in [3.8, 4) is 0 Å².